The second kappa shape index (κ2) is 5.51. The van der Waals surface area contributed by atoms with E-state index in [1.54, 1.807) is 24.3 Å². The van der Waals surface area contributed by atoms with E-state index in [-0.39, 0.29) is 17.7 Å². The minimum atomic E-state index is -3.00. The number of amides is 1. The average Bonchev–Trinajstić information content (AvgIpc) is 3.13. The van der Waals surface area contributed by atoms with Gasteiger partial charge in [-0.3, -0.25) is 4.79 Å². The van der Waals surface area contributed by atoms with Crippen molar-refractivity contribution in [2.45, 2.75) is 25.1 Å². The summed E-state index contributed by atoms with van der Waals surface area (Å²) in [5.41, 5.74) is 2.61. The SMILES string of the molecule is N#Cc1ccc2nc3n(c2c1)[C@H]1C[C@@H]3NC(=O)c2cccc(OC(F)F)c21. The Morgan fingerprint density at radius 3 is 2.96 bits per heavy atom. The number of ether oxygens (including phenoxy) is 1. The van der Waals surface area contributed by atoms with Crippen molar-refractivity contribution < 1.29 is 18.3 Å². The number of carbonyl (C=O) groups is 1. The molecule has 0 saturated carbocycles. The Bertz CT molecular complexity index is 1150. The maximum atomic E-state index is 12.9. The summed E-state index contributed by atoms with van der Waals surface area (Å²) < 4.78 is 32.5. The van der Waals surface area contributed by atoms with Crippen LogP contribution in [0, 0.1) is 11.3 Å². The Hall–Kier alpha value is -3.47. The maximum absolute atomic E-state index is 12.9. The van der Waals surface area contributed by atoms with E-state index in [0.717, 1.165) is 5.52 Å². The predicted molar refractivity (Wildman–Crippen MR) is 90.5 cm³/mol. The summed E-state index contributed by atoms with van der Waals surface area (Å²) in [6.07, 6.45) is 0.484. The number of rotatable bonds is 2. The highest BCUT2D eigenvalue weighted by molar-refractivity contribution is 5.98. The fourth-order valence-electron chi connectivity index (χ4n) is 4.08. The van der Waals surface area contributed by atoms with E-state index in [9.17, 15) is 18.8 Å². The van der Waals surface area contributed by atoms with Gasteiger partial charge in [-0.15, -0.1) is 0 Å². The van der Waals surface area contributed by atoms with Gasteiger partial charge in [0.05, 0.1) is 34.7 Å². The zero-order valence-electron chi connectivity index (χ0n) is 13.8. The first-order valence-corrected chi connectivity index (χ1v) is 8.37. The van der Waals surface area contributed by atoms with Crippen molar-refractivity contribution in [1.29, 1.82) is 5.26 Å². The molecular weight excluding hydrogens is 354 g/mol. The first-order valence-electron chi connectivity index (χ1n) is 8.37. The summed E-state index contributed by atoms with van der Waals surface area (Å²) >= 11 is 0. The molecule has 27 heavy (non-hydrogen) atoms. The molecule has 0 unspecified atom stereocenters. The molecule has 5 rings (SSSR count). The molecule has 0 fully saturated rings. The zero-order valence-corrected chi connectivity index (χ0v) is 13.8. The fourth-order valence-corrected chi connectivity index (χ4v) is 4.08. The summed E-state index contributed by atoms with van der Waals surface area (Å²) in [6.45, 7) is -3.00. The second-order valence-electron chi connectivity index (χ2n) is 6.53. The predicted octanol–water partition coefficient (Wildman–Crippen LogP) is 3.29. The number of hydrogen-bond acceptors (Lipinski definition) is 4. The van der Waals surface area contributed by atoms with Crippen LogP contribution in [0.15, 0.2) is 36.4 Å². The molecule has 2 aliphatic heterocycles. The molecule has 6 nitrogen and oxygen atoms in total. The van der Waals surface area contributed by atoms with Gasteiger partial charge in [0, 0.05) is 11.1 Å². The lowest BCUT2D eigenvalue weighted by atomic mass is 9.97. The topological polar surface area (TPSA) is 79.9 Å². The van der Waals surface area contributed by atoms with E-state index in [4.69, 9.17) is 4.74 Å². The van der Waals surface area contributed by atoms with Crippen LogP contribution in [-0.4, -0.2) is 22.1 Å². The number of benzene rings is 2. The first kappa shape index (κ1) is 15.8. The van der Waals surface area contributed by atoms with Crippen LogP contribution in [0.4, 0.5) is 8.78 Å². The van der Waals surface area contributed by atoms with Crippen molar-refractivity contribution in [3.63, 3.8) is 0 Å². The van der Waals surface area contributed by atoms with Crippen LogP contribution < -0.4 is 10.1 Å². The lowest BCUT2D eigenvalue weighted by Crippen LogP contribution is -2.28. The minimum absolute atomic E-state index is 0.0190. The maximum Gasteiger partial charge on any atom is 0.387 e. The largest absolute Gasteiger partial charge is 0.434 e. The fraction of sp³-hybridized carbons (Fsp3) is 0.211. The first-order chi connectivity index (χ1) is 13.1. The van der Waals surface area contributed by atoms with Gasteiger partial charge >= 0.3 is 6.61 Å². The highest BCUT2D eigenvalue weighted by Gasteiger charge is 2.42. The molecule has 0 aliphatic carbocycles. The molecule has 0 saturated heterocycles. The third kappa shape index (κ3) is 2.21. The Morgan fingerprint density at radius 2 is 2.19 bits per heavy atom. The molecule has 2 bridgehead atoms. The number of nitrogens with zero attached hydrogens (tertiary/aromatic N) is 3. The zero-order chi connectivity index (χ0) is 18.7. The Morgan fingerprint density at radius 1 is 1.33 bits per heavy atom. The van der Waals surface area contributed by atoms with Gasteiger partial charge in [-0.1, -0.05) is 6.07 Å². The van der Waals surface area contributed by atoms with Gasteiger partial charge in [0.25, 0.3) is 5.91 Å². The molecule has 1 N–H and O–H groups in total. The second-order valence-corrected chi connectivity index (χ2v) is 6.53. The van der Waals surface area contributed by atoms with E-state index in [0.29, 0.717) is 34.5 Å². The average molecular weight is 366 g/mol. The molecule has 8 heteroatoms. The van der Waals surface area contributed by atoms with E-state index < -0.39 is 12.7 Å². The lowest BCUT2D eigenvalue weighted by Gasteiger charge is -2.21. The van der Waals surface area contributed by atoms with Crippen molar-refractivity contribution in [3.8, 4) is 11.8 Å². The van der Waals surface area contributed by atoms with Crippen molar-refractivity contribution >= 4 is 16.9 Å². The number of nitriles is 1. The van der Waals surface area contributed by atoms with Gasteiger partial charge in [0.1, 0.15) is 11.6 Å². The van der Waals surface area contributed by atoms with Gasteiger partial charge in [-0.2, -0.15) is 14.0 Å². The van der Waals surface area contributed by atoms with E-state index >= 15 is 0 Å². The third-order valence-electron chi connectivity index (χ3n) is 5.09. The molecule has 134 valence electrons. The molecule has 2 aromatic carbocycles. The summed E-state index contributed by atoms with van der Waals surface area (Å²) in [4.78, 5) is 17.2. The number of aromatic nitrogens is 2. The summed E-state index contributed by atoms with van der Waals surface area (Å²) in [5, 5.41) is 12.1. The molecule has 3 heterocycles. The van der Waals surface area contributed by atoms with Crippen LogP contribution in [0.1, 0.15) is 45.8 Å². The summed E-state index contributed by atoms with van der Waals surface area (Å²) in [5.74, 6) is 0.290. The van der Waals surface area contributed by atoms with Crippen molar-refractivity contribution in [1.82, 2.24) is 14.9 Å². The number of alkyl halides is 2. The van der Waals surface area contributed by atoms with Crippen LogP contribution >= 0.6 is 0 Å². The molecule has 0 radical (unpaired) electrons. The van der Waals surface area contributed by atoms with Gasteiger partial charge in [-0.25, -0.2) is 4.98 Å². The van der Waals surface area contributed by atoms with Gasteiger partial charge in [0.15, 0.2) is 0 Å². The standard InChI is InChI=1S/C19H12F2N4O2/c20-19(21)27-15-3-1-2-10-16(15)14-7-12(24-18(10)26)17-23-11-5-4-9(8-22)6-13(11)25(14)17/h1-6,12,14,19H,7H2,(H,24,26)/t12-,14-/m0/s1. The van der Waals surface area contributed by atoms with E-state index in [1.807, 2.05) is 4.57 Å². The van der Waals surface area contributed by atoms with E-state index in [1.165, 1.54) is 12.1 Å². The molecule has 3 aromatic rings. The number of imidazole rings is 1. The number of carbonyl (C=O) groups excluding carboxylic acids is 1. The van der Waals surface area contributed by atoms with Gasteiger partial charge in [0.2, 0.25) is 0 Å². The molecular formula is C19H12F2N4O2. The van der Waals surface area contributed by atoms with Crippen molar-refractivity contribution in [2.24, 2.45) is 0 Å². The Balaban J connectivity index is 1.79. The van der Waals surface area contributed by atoms with Crippen LogP contribution in [0.5, 0.6) is 5.75 Å². The van der Waals surface area contributed by atoms with Crippen LogP contribution in [0.2, 0.25) is 0 Å². The summed E-state index contributed by atoms with van der Waals surface area (Å²) in [7, 11) is 0. The normalized spacial score (nSPS) is 20.0. The number of nitrogens with one attached hydrogen (secondary N) is 1. The van der Waals surface area contributed by atoms with Crippen molar-refractivity contribution in [2.75, 3.05) is 0 Å². The lowest BCUT2D eigenvalue weighted by molar-refractivity contribution is -0.0507. The smallest absolute Gasteiger partial charge is 0.387 e. The number of hydrogen-bond donors (Lipinski definition) is 1. The van der Waals surface area contributed by atoms with Crippen molar-refractivity contribution in [3.05, 3.63) is 58.9 Å². The summed E-state index contributed by atoms with van der Waals surface area (Å²) in [6, 6.07) is 11.1. The molecule has 0 spiro atoms. The monoisotopic (exact) mass is 366 g/mol. The highest BCUT2D eigenvalue weighted by Crippen LogP contribution is 2.47. The minimum Gasteiger partial charge on any atom is -0.434 e. The molecule has 2 atom stereocenters. The Kier molecular flexibility index (Phi) is 3.22. The number of fused-ring (bicyclic) bond motifs is 9. The van der Waals surface area contributed by atoms with Gasteiger partial charge in [-0.05, 0) is 36.8 Å². The number of halogens is 2. The van der Waals surface area contributed by atoms with E-state index in [2.05, 4.69) is 16.4 Å². The van der Waals surface area contributed by atoms with Crippen LogP contribution in [-0.2, 0) is 0 Å². The molecule has 1 aromatic heterocycles. The van der Waals surface area contributed by atoms with Crippen LogP contribution in [0.3, 0.4) is 0 Å². The Labute approximate surface area is 152 Å². The highest BCUT2D eigenvalue weighted by atomic mass is 19.3. The third-order valence-corrected chi connectivity index (χ3v) is 5.09. The molecule has 2 aliphatic rings. The molecule has 1 amide bonds. The van der Waals surface area contributed by atoms with Gasteiger partial charge < -0.3 is 14.6 Å². The van der Waals surface area contributed by atoms with Crippen LogP contribution in [0.25, 0.3) is 11.0 Å². The quantitative estimate of drug-likeness (QED) is 0.755.